The van der Waals surface area contributed by atoms with E-state index in [2.05, 4.69) is 4.74 Å². The van der Waals surface area contributed by atoms with Crippen LogP contribution in [0.3, 0.4) is 0 Å². The van der Waals surface area contributed by atoms with E-state index in [0.29, 0.717) is 0 Å². The van der Waals surface area contributed by atoms with Gasteiger partial charge >= 0.3 is 17.9 Å². The number of rotatable bonds is 7. The van der Waals surface area contributed by atoms with E-state index in [1.807, 2.05) is 18.2 Å². The minimum atomic E-state index is -1.55. The summed E-state index contributed by atoms with van der Waals surface area (Å²) in [4.78, 5) is 35.8. The lowest BCUT2D eigenvalue weighted by Crippen LogP contribution is -2.47. The van der Waals surface area contributed by atoms with Crippen LogP contribution in [0, 0.1) is 0 Å². The molecule has 0 unspecified atom stereocenters. The van der Waals surface area contributed by atoms with Gasteiger partial charge in [-0.15, -0.1) is 0 Å². The average Bonchev–Trinajstić information content (AvgIpc) is 2.52. The van der Waals surface area contributed by atoms with Crippen LogP contribution in [0.1, 0.15) is 33.3 Å². The molecule has 1 aromatic rings. The van der Waals surface area contributed by atoms with E-state index in [9.17, 15) is 14.4 Å². The van der Waals surface area contributed by atoms with Crippen LogP contribution >= 0.6 is 0 Å². The Balaban J connectivity index is 3.03. The SMILES string of the molecule is COC(=O)[C@H](OC(C)=O)[C@@H](OCc1ccccc1)C(=O)OC(C)(C)C. The molecule has 0 aliphatic rings. The second-order valence-electron chi connectivity index (χ2n) is 6.30. The molecule has 0 aliphatic carbocycles. The average molecular weight is 352 g/mol. The van der Waals surface area contributed by atoms with Gasteiger partial charge in [0.25, 0.3) is 0 Å². The first-order valence-electron chi connectivity index (χ1n) is 7.77. The van der Waals surface area contributed by atoms with Crippen molar-refractivity contribution in [3.63, 3.8) is 0 Å². The monoisotopic (exact) mass is 352 g/mol. The van der Waals surface area contributed by atoms with Gasteiger partial charge in [0, 0.05) is 6.92 Å². The van der Waals surface area contributed by atoms with E-state index in [0.717, 1.165) is 19.6 Å². The summed E-state index contributed by atoms with van der Waals surface area (Å²) in [5.41, 5.74) is -0.0231. The number of carbonyl (C=O) groups is 3. The fourth-order valence-corrected chi connectivity index (χ4v) is 1.93. The molecule has 0 amide bonds. The number of hydrogen-bond donors (Lipinski definition) is 0. The van der Waals surface area contributed by atoms with Crippen molar-refractivity contribution >= 4 is 17.9 Å². The summed E-state index contributed by atoms with van der Waals surface area (Å²) in [7, 11) is 1.13. The fraction of sp³-hybridized carbons (Fsp3) is 0.500. The third kappa shape index (κ3) is 7.34. The summed E-state index contributed by atoms with van der Waals surface area (Å²) in [5.74, 6) is -2.47. The molecule has 0 aliphatic heterocycles. The van der Waals surface area contributed by atoms with Gasteiger partial charge in [0.15, 0.2) is 0 Å². The summed E-state index contributed by atoms with van der Waals surface area (Å²) in [6.45, 7) is 6.19. The summed E-state index contributed by atoms with van der Waals surface area (Å²) >= 11 is 0. The van der Waals surface area contributed by atoms with E-state index < -0.39 is 35.7 Å². The molecular weight excluding hydrogens is 328 g/mol. The summed E-state index contributed by atoms with van der Waals surface area (Å²) in [5, 5.41) is 0. The number of ether oxygens (including phenoxy) is 4. The van der Waals surface area contributed by atoms with E-state index in [1.54, 1.807) is 32.9 Å². The first-order chi connectivity index (χ1) is 11.6. The van der Waals surface area contributed by atoms with Gasteiger partial charge in [0.2, 0.25) is 12.2 Å². The summed E-state index contributed by atoms with van der Waals surface area (Å²) in [6, 6.07) is 9.05. The highest BCUT2D eigenvalue weighted by Crippen LogP contribution is 2.17. The van der Waals surface area contributed by atoms with Crippen molar-refractivity contribution < 1.29 is 33.3 Å². The lowest BCUT2D eigenvalue weighted by Gasteiger charge is -2.27. The molecule has 0 saturated heterocycles. The molecule has 0 N–H and O–H groups in total. The maximum absolute atomic E-state index is 12.5. The maximum atomic E-state index is 12.5. The molecule has 0 saturated carbocycles. The Morgan fingerprint density at radius 3 is 2.08 bits per heavy atom. The van der Waals surface area contributed by atoms with E-state index in [4.69, 9.17) is 14.2 Å². The molecule has 0 radical (unpaired) electrons. The number of carbonyl (C=O) groups excluding carboxylic acids is 3. The topological polar surface area (TPSA) is 88.1 Å². The van der Waals surface area contributed by atoms with Gasteiger partial charge in [-0.3, -0.25) is 4.79 Å². The number of hydrogen-bond acceptors (Lipinski definition) is 7. The van der Waals surface area contributed by atoms with Gasteiger partial charge in [0.05, 0.1) is 13.7 Å². The van der Waals surface area contributed by atoms with E-state index >= 15 is 0 Å². The Labute approximate surface area is 147 Å². The molecule has 1 rings (SSSR count). The summed E-state index contributed by atoms with van der Waals surface area (Å²) < 4.78 is 20.4. The highest BCUT2D eigenvalue weighted by atomic mass is 16.6. The molecule has 0 heterocycles. The van der Waals surface area contributed by atoms with Crippen molar-refractivity contribution in [2.75, 3.05) is 7.11 Å². The predicted molar refractivity (Wildman–Crippen MR) is 88.4 cm³/mol. The third-order valence-corrected chi connectivity index (χ3v) is 2.91. The molecule has 0 fully saturated rings. The van der Waals surface area contributed by atoms with Gasteiger partial charge < -0.3 is 18.9 Å². The smallest absolute Gasteiger partial charge is 0.350 e. The van der Waals surface area contributed by atoms with E-state index in [-0.39, 0.29) is 6.61 Å². The Morgan fingerprint density at radius 1 is 1.00 bits per heavy atom. The first-order valence-corrected chi connectivity index (χ1v) is 7.77. The molecular formula is C18H24O7. The van der Waals surface area contributed by atoms with Crippen LogP contribution < -0.4 is 0 Å². The van der Waals surface area contributed by atoms with Gasteiger partial charge in [-0.2, -0.15) is 0 Å². The molecule has 2 atom stereocenters. The molecule has 7 nitrogen and oxygen atoms in total. The molecule has 0 bridgehead atoms. The van der Waals surface area contributed by atoms with Gasteiger partial charge in [0.1, 0.15) is 5.60 Å². The quantitative estimate of drug-likeness (QED) is 0.548. The zero-order chi connectivity index (χ0) is 19.0. The highest BCUT2D eigenvalue weighted by molar-refractivity contribution is 5.87. The van der Waals surface area contributed by atoms with Crippen LogP contribution in [0.15, 0.2) is 30.3 Å². The van der Waals surface area contributed by atoms with Crippen molar-refractivity contribution in [1.82, 2.24) is 0 Å². The van der Waals surface area contributed by atoms with Crippen molar-refractivity contribution in [1.29, 1.82) is 0 Å². The molecule has 0 spiro atoms. The fourth-order valence-electron chi connectivity index (χ4n) is 1.93. The predicted octanol–water partition coefficient (Wildman–Crippen LogP) is 2.02. The van der Waals surface area contributed by atoms with Crippen molar-refractivity contribution in [3.05, 3.63) is 35.9 Å². The van der Waals surface area contributed by atoms with E-state index in [1.165, 1.54) is 0 Å². The molecule has 25 heavy (non-hydrogen) atoms. The van der Waals surface area contributed by atoms with Crippen LogP contribution in [0.2, 0.25) is 0 Å². The van der Waals surface area contributed by atoms with Crippen LogP contribution in [0.25, 0.3) is 0 Å². The maximum Gasteiger partial charge on any atom is 0.350 e. The van der Waals surface area contributed by atoms with Crippen molar-refractivity contribution in [2.24, 2.45) is 0 Å². The van der Waals surface area contributed by atoms with Gasteiger partial charge in [-0.1, -0.05) is 30.3 Å². The first kappa shape index (κ1) is 20.6. The summed E-state index contributed by atoms with van der Waals surface area (Å²) in [6.07, 6.45) is -3.00. The zero-order valence-corrected chi connectivity index (χ0v) is 15.1. The lowest BCUT2D eigenvalue weighted by molar-refractivity contribution is -0.192. The van der Waals surface area contributed by atoms with Crippen LogP contribution in [0.5, 0.6) is 0 Å². The van der Waals surface area contributed by atoms with Crippen LogP contribution in [0.4, 0.5) is 0 Å². The van der Waals surface area contributed by atoms with Crippen molar-refractivity contribution in [3.8, 4) is 0 Å². The Morgan fingerprint density at radius 2 is 1.60 bits per heavy atom. The minimum Gasteiger partial charge on any atom is -0.466 e. The molecule has 7 heteroatoms. The lowest BCUT2D eigenvalue weighted by atomic mass is 10.1. The zero-order valence-electron chi connectivity index (χ0n) is 15.1. The molecule has 138 valence electrons. The third-order valence-electron chi connectivity index (χ3n) is 2.91. The number of benzene rings is 1. The second kappa shape index (κ2) is 9.17. The minimum absolute atomic E-state index is 0.0273. The largest absolute Gasteiger partial charge is 0.466 e. The van der Waals surface area contributed by atoms with Gasteiger partial charge in [-0.05, 0) is 26.3 Å². The molecule has 0 aromatic heterocycles. The highest BCUT2D eigenvalue weighted by Gasteiger charge is 2.41. The molecule has 1 aromatic carbocycles. The Bertz CT molecular complexity index is 589. The Kier molecular flexibility index (Phi) is 7.57. The van der Waals surface area contributed by atoms with Crippen LogP contribution in [-0.4, -0.2) is 42.8 Å². The normalized spacial score (nSPS) is 13.5. The van der Waals surface area contributed by atoms with Gasteiger partial charge in [-0.25, -0.2) is 9.59 Å². The van der Waals surface area contributed by atoms with Crippen LogP contribution in [-0.2, 0) is 39.9 Å². The standard InChI is InChI=1S/C18H24O7/c1-12(19)24-15(16(20)22-5)14(17(21)25-18(2,3)4)23-11-13-9-7-6-8-10-13/h6-10,14-15H,11H2,1-5H3/t14-,15-/m1/s1. The Hall–Kier alpha value is -2.41. The number of methoxy groups -OCH3 is 1. The van der Waals surface area contributed by atoms with Crippen molar-refractivity contribution in [2.45, 2.75) is 52.1 Å². The second-order valence-corrected chi connectivity index (χ2v) is 6.30. The number of esters is 3.